The van der Waals surface area contributed by atoms with E-state index in [-0.39, 0.29) is 12.5 Å². The molecule has 0 bridgehead atoms. The molecular weight excluding hydrogens is 236 g/mol. The second-order valence-electron chi connectivity index (χ2n) is 3.63. The fraction of sp³-hybridized carbons (Fsp3) is 0.167. The zero-order valence-corrected chi connectivity index (χ0v) is 9.54. The monoisotopic (exact) mass is 248 g/mol. The number of rotatable bonds is 5. The predicted molar refractivity (Wildman–Crippen MR) is 64.0 cm³/mol. The molecule has 0 spiro atoms. The van der Waals surface area contributed by atoms with Crippen LogP contribution in [0.4, 0.5) is 5.88 Å². The summed E-state index contributed by atoms with van der Waals surface area (Å²) in [6.45, 7) is 0.625. The molecule has 0 aliphatic rings. The van der Waals surface area contributed by atoms with Crippen LogP contribution in [0.3, 0.4) is 0 Å². The molecule has 94 valence electrons. The third-order valence-corrected chi connectivity index (χ3v) is 2.37. The molecule has 2 aromatic rings. The summed E-state index contributed by atoms with van der Waals surface area (Å²) >= 11 is 0. The fourth-order valence-corrected chi connectivity index (χ4v) is 1.42. The summed E-state index contributed by atoms with van der Waals surface area (Å²) in [4.78, 5) is 9.83. The lowest BCUT2D eigenvalue weighted by Crippen LogP contribution is -1.97. The Morgan fingerprint density at radius 2 is 1.94 bits per heavy atom. The second-order valence-corrected chi connectivity index (χ2v) is 3.63. The molecule has 2 rings (SSSR count). The average molecular weight is 248 g/mol. The molecule has 0 fully saturated rings. The van der Waals surface area contributed by atoms with Gasteiger partial charge in [-0.05, 0) is 23.8 Å². The lowest BCUT2D eigenvalue weighted by molar-refractivity contribution is -0.402. The summed E-state index contributed by atoms with van der Waals surface area (Å²) in [5.74, 6) is 0.780. The Kier molecular flexibility index (Phi) is 3.59. The predicted octanol–water partition coefficient (Wildman–Crippen LogP) is 2.23. The van der Waals surface area contributed by atoms with Crippen LogP contribution in [0, 0.1) is 10.1 Å². The molecule has 0 atom stereocenters. The summed E-state index contributed by atoms with van der Waals surface area (Å²) in [6, 6.07) is 10.1. The van der Waals surface area contributed by atoms with E-state index in [4.69, 9.17) is 14.9 Å². The first-order valence-corrected chi connectivity index (χ1v) is 5.34. The van der Waals surface area contributed by atoms with Crippen LogP contribution in [0.5, 0.6) is 5.75 Å². The summed E-state index contributed by atoms with van der Waals surface area (Å²) in [7, 11) is 0. The Hall–Kier alpha value is -2.34. The van der Waals surface area contributed by atoms with Gasteiger partial charge in [0.2, 0.25) is 0 Å². The molecule has 6 heteroatoms. The molecule has 0 saturated carbocycles. The maximum atomic E-state index is 10.4. The standard InChI is InChI=1S/C12H12N2O4/c13-7-9-1-3-10(4-2-9)17-8-11-5-6-12(18-11)14(15)16/h1-6H,7-8,13H2. The Morgan fingerprint density at radius 1 is 1.22 bits per heavy atom. The molecule has 0 amide bonds. The van der Waals surface area contributed by atoms with Gasteiger partial charge in [-0.1, -0.05) is 12.1 Å². The highest BCUT2D eigenvalue weighted by Crippen LogP contribution is 2.18. The second kappa shape index (κ2) is 5.33. The van der Waals surface area contributed by atoms with E-state index < -0.39 is 4.92 Å². The van der Waals surface area contributed by atoms with Crippen molar-refractivity contribution in [2.75, 3.05) is 0 Å². The van der Waals surface area contributed by atoms with E-state index in [1.165, 1.54) is 12.1 Å². The third-order valence-electron chi connectivity index (χ3n) is 2.37. The SMILES string of the molecule is NCc1ccc(OCc2ccc([N+](=O)[O-])o2)cc1. The Labute approximate surface area is 103 Å². The van der Waals surface area contributed by atoms with Crippen LogP contribution in [-0.2, 0) is 13.2 Å². The van der Waals surface area contributed by atoms with Crippen molar-refractivity contribution < 1.29 is 14.1 Å². The van der Waals surface area contributed by atoms with E-state index >= 15 is 0 Å². The van der Waals surface area contributed by atoms with E-state index in [1.807, 2.05) is 12.1 Å². The van der Waals surface area contributed by atoms with Crippen molar-refractivity contribution in [2.45, 2.75) is 13.2 Å². The lowest BCUT2D eigenvalue weighted by atomic mass is 10.2. The Balaban J connectivity index is 1.95. The van der Waals surface area contributed by atoms with Gasteiger partial charge in [0.1, 0.15) is 23.0 Å². The molecule has 0 saturated heterocycles. The van der Waals surface area contributed by atoms with Gasteiger partial charge >= 0.3 is 5.88 Å². The molecule has 1 aromatic heterocycles. The quantitative estimate of drug-likeness (QED) is 0.647. The molecule has 6 nitrogen and oxygen atoms in total. The van der Waals surface area contributed by atoms with Gasteiger partial charge in [0, 0.05) is 6.54 Å². The van der Waals surface area contributed by atoms with Gasteiger partial charge in [0.15, 0.2) is 0 Å². The van der Waals surface area contributed by atoms with Gasteiger partial charge in [-0.3, -0.25) is 10.1 Å². The van der Waals surface area contributed by atoms with Gasteiger partial charge in [0.25, 0.3) is 0 Å². The van der Waals surface area contributed by atoms with E-state index in [1.54, 1.807) is 12.1 Å². The van der Waals surface area contributed by atoms with E-state index in [2.05, 4.69) is 0 Å². The van der Waals surface area contributed by atoms with Crippen molar-refractivity contribution in [3.05, 3.63) is 57.8 Å². The van der Waals surface area contributed by atoms with E-state index in [0.717, 1.165) is 5.56 Å². The van der Waals surface area contributed by atoms with Crippen LogP contribution in [0.2, 0.25) is 0 Å². The van der Waals surface area contributed by atoms with Crippen LogP contribution in [-0.4, -0.2) is 4.92 Å². The van der Waals surface area contributed by atoms with Crippen LogP contribution in [0.25, 0.3) is 0 Å². The van der Waals surface area contributed by atoms with Crippen LogP contribution in [0.15, 0.2) is 40.8 Å². The average Bonchev–Trinajstić information content (AvgIpc) is 2.86. The zero-order valence-electron chi connectivity index (χ0n) is 9.54. The maximum Gasteiger partial charge on any atom is 0.433 e. The number of benzene rings is 1. The third kappa shape index (κ3) is 2.86. The number of nitrogens with zero attached hydrogens (tertiary/aromatic N) is 1. The first-order chi connectivity index (χ1) is 8.69. The van der Waals surface area contributed by atoms with Gasteiger partial charge in [-0.15, -0.1) is 0 Å². The first kappa shape index (κ1) is 12.1. The zero-order chi connectivity index (χ0) is 13.0. The smallest absolute Gasteiger partial charge is 0.433 e. The summed E-state index contributed by atoms with van der Waals surface area (Å²) in [5.41, 5.74) is 6.49. The molecule has 18 heavy (non-hydrogen) atoms. The van der Waals surface area contributed by atoms with Crippen molar-refractivity contribution >= 4 is 5.88 Å². The molecule has 0 radical (unpaired) electrons. The van der Waals surface area contributed by atoms with Gasteiger partial charge < -0.3 is 14.9 Å². The van der Waals surface area contributed by atoms with Crippen molar-refractivity contribution in [2.24, 2.45) is 5.73 Å². The van der Waals surface area contributed by atoms with Crippen LogP contribution < -0.4 is 10.5 Å². The van der Waals surface area contributed by atoms with E-state index in [9.17, 15) is 10.1 Å². The van der Waals surface area contributed by atoms with Crippen LogP contribution in [0.1, 0.15) is 11.3 Å². The van der Waals surface area contributed by atoms with Crippen molar-refractivity contribution in [1.82, 2.24) is 0 Å². The normalized spacial score (nSPS) is 10.3. The van der Waals surface area contributed by atoms with E-state index in [0.29, 0.717) is 18.1 Å². The molecule has 1 aromatic carbocycles. The number of nitrogens with two attached hydrogens (primary N) is 1. The molecule has 2 N–H and O–H groups in total. The molecule has 0 unspecified atom stereocenters. The minimum Gasteiger partial charge on any atom is -0.486 e. The highest BCUT2D eigenvalue weighted by molar-refractivity contribution is 5.27. The highest BCUT2D eigenvalue weighted by Gasteiger charge is 2.11. The number of ether oxygens (including phenoxy) is 1. The first-order valence-electron chi connectivity index (χ1n) is 5.34. The summed E-state index contributed by atoms with van der Waals surface area (Å²) in [5, 5.41) is 10.4. The highest BCUT2D eigenvalue weighted by atomic mass is 16.6. The maximum absolute atomic E-state index is 10.4. The molecular formula is C12H12N2O4. The number of nitro groups is 1. The lowest BCUT2D eigenvalue weighted by Gasteiger charge is -2.04. The molecule has 0 aliphatic heterocycles. The minimum atomic E-state index is -0.584. The van der Waals surface area contributed by atoms with Crippen molar-refractivity contribution in [1.29, 1.82) is 0 Å². The van der Waals surface area contributed by atoms with Gasteiger partial charge in [-0.2, -0.15) is 0 Å². The van der Waals surface area contributed by atoms with Crippen molar-refractivity contribution in [3.8, 4) is 5.75 Å². The van der Waals surface area contributed by atoms with Gasteiger partial charge in [-0.25, -0.2) is 0 Å². The van der Waals surface area contributed by atoms with Gasteiger partial charge in [0.05, 0.1) is 6.07 Å². The topological polar surface area (TPSA) is 91.5 Å². The summed E-state index contributed by atoms with van der Waals surface area (Å²) in [6.07, 6.45) is 0. The minimum absolute atomic E-state index is 0.149. The number of hydrogen-bond donors (Lipinski definition) is 1. The Morgan fingerprint density at radius 3 is 2.50 bits per heavy atom. The number of furan rings is 1. The largest absolute Gasteiger partial charge is 0.486 e. The summed E-state index contributed by atoms with van der Waals surface area (Å²) < 4.78 is 10.4. The molecule has 0 aliphatic carbocycles. The van der Waals surface area contributed by atoms with Crippen LogP contribution >= 0.6 is 0 Å². The van der Waals surface area contributed by atoms with Crippen molar-refractivity contribution in [3.63, 3.8) is 0 Å². The molecule has 1 heterocycles. The number of hydrogen-bond acceptors (Lipinski definition) is 5. The Bertz CT molecular complexity index is 533. The fourth-order valence-electron chi connectivity index (χ4n) is 1.42.